The van der Waals surface area contributed by atoms with E-state index in [9.17, 15) is 8.78 Å². The summed E-state index contributed by atoms with van der Waals surface area (Å²) in [7, 11) is 1.63. The molecule has 0 bridgehead atoms. The van der Waals surface area contributed by atoms with Crippen LogP contribution in [0.1, 0.15) is 12.5 Å². The van der Waals surface area contributed by atoms with Crippen LogP contribution in [-0.2, 0) is 11.3 Å². The summed E-state index contributed by atoms with van der Waals surface area (Å²) in [4.78, 5) is 4.37. The van der Waals surface area contributed by atoms with Crippen LogP contribution in [0, 0.1) is 0 Å². The summed E-state index contributed by atoms with van der Waals surface area (Å²) >= 11 is 0. The molecule has 0 radical (unpaired) electrons. The lowest BCUT2D eigenvalue weighted by atomic mass is 10.2. The maximum atomic E-state index is 12.2. The Kier molecular flexibility index (Phi) is 8.11. The summed E-state index contributed by atoms with van der Waals surface area (Å²) in [6.07, 6.45) is 0. The number of rotatable bonds is 8. The van der Waals surface area contributed by atoms with Gasteiger partial charge in [0.2, 0.25) is 0 Å². The Balaban J connectivity index is 2.61. The van der Waals surface area contributed by atoms with Crippen LogP contribution >= 0.6 is 0 Å². The molecule has 118 valence electrons. The number of benzene rings is 1. The minimum Gasteiger partial charge on any atom is -0.435 e. The van der Waals surface area contributed by atoms with Gasteiger partial charge in [0.15, 0.2) is 5.96 Å². The van der Waals surface area contributed by atoms with E-state index in [4.69, 9.17) is 4.74 Å². The van der Waals surface area contributed by atoms with Crippen molar-refractivity contribution in [2.45, 2.75) is 20.1 Å². The average molecular weight is 301 g/mol. The van der Waals surface area contributed by atoms with Gasteiger partial charge in [0.05, 0.1) is 13.2 Å². The van der Waals surface area contributed by atoms with E-state index in [1.54, 1.807) is 25.3 Å². The maximum Gasteiger partial charge on any atom is 0.387 e. The molecule has 7 heteroatoms. The monoisotopic (exact) mass is 301 g/mol. The Morgan fingerprint density at radius 2 is 2.14 bits per heavy atom. The van der Waals surface area contributed by atoms with Crippen molar-refractivity contribution in [3.05, 3.63) is 29.8 Å². The fraction of sp³-hybridized carbons (Fsp3) is 0.500. The summed E-state index contributed by atoms with van der Waals surface area (Å²) in [5, 5.41) is 6.19. The number of alkyl halides is 2. The van der Waals surface area contributed by atoms with Crippen LogP contribution in [0.2, 0.25) is 0 Å². The van der Waals surface area contributed by atoms with Gasteiger partial charge in [0.1, 0.15) is 5.75 Å². The number of hydrogen-bond acceptors (Lipinski definition) is 3. The lowest BCUT2D eigenvalue weighted by Crippen LogP contribution is -2.38. The standard InChI is InChI=1S/C14H21F2N3O2/c1-3-17-14(18-7-8-20-2)19-10-11-5-4-6-12(9-11)21-13(15)16/h4-6,9,13H,3,7-8,10H2,1-2H3,(H2,17,18,19). The predicted octanol–water partition coefficient (Wildman–Crippen LogP) is 1.99. The number of hydrogen-bond donors (Lipinski definition) is 2. The summed E-state index contributed by atoms with van der Waals surface area (Å²) in [6, 6.07) is 6.50. The highest BCUT2D eigenvalue weighted by Crippen LogP contribution is 2.16. The molecule has 1 rings (SSSR count). The van der Waals surface area contributed by atoms with Gasteiger partial charge in [-0.25, -0.2) is 4.99 Å². The first-order chi connectivity index (χ1) is 10.2. The van der Waals surface area contributed by atoms with Crippen molar-refractivity contribution in [1.82, 2.24) is 10.6 Å². The summed E-state index contributed by atoms with van der Waals surface area (Å²) in [5.41, 5.74) is 0.789. The largest absolute Gasteiger partial charge is 0.435 e. The lowest BCUT2D eigenvalue weighted by Gasteiger charge is -2.11. The van der Waals surface area contributed by atoms with E-state index in [-0.39, 0.29) is 5.75 Å². The third kappa shape index (κ3) is 7.45. The average Bonchev–Trinajstić information content (AvgIpc) is 2.44. The molecule has 0 fully saturated rings. The third-order valence-electron chi connectivity index (χ3n) is 2.49. The van der Waals surface area contributed by atoms with Gasteiger partial charge in [-0.15, -0.1) is 0 Å². The fourth-order valence-corrected chi connectivity index (χ4v) is 1.60. The molecular formula is C14H21F2N3O2. The van der Waals surface area contributed by atoms with Crippen LogP contribution in [0.15, 0.2) is 29.3 Å². The second-order valence-corrected chi connectivity index (χ2v) is 4.14. The molecule has 21 heavy (non-hydrogen) atoms. The van der Waals surface area contributed by atoms with Crippen LogP contribution < -0.4 is 15.4 Å². The van der Waals surface area contributed by atoms with E-state index in [1.807, 2.05) is 6.92 Å². The summed E-state index contributed by atoms with van der Waals surface area (Å²) in [6.45, 7) is 1.44. The topological polar surface area (TPSA) is 54.9 Å². The number of halogens is 2. The Labute approximate surface area is 123 Å². The van der Waals surface area contributed by atoms with Gasteiger partial charge in [-0.3, -0.25) is 0 Å². The molecular weight excluding hydrogens is 280 g/mol. The second-order valence-electron chi connectivity index (χ2n) is 4.14. The van der Waals surface area contributed by atoms with Gasteiger partial charge in [-0.1, -0.05) is 12.1 Å². The first kappa shape index (κ1) is 17.2. The van der Waals surface area contributed by atoms with Crippen molar-refractivity contribution in [3.63, 3.8) is 0 Å². The zero-order valence-electron chi connectivity index (χ0n) is 12.2. The van der Waals surface area contributed by atoms with Crippen LogP contribution in [0.4, 0.5) is 8.78 Å². The molecule has 0 aliphatic rings. The van der Waals surface area contributed by atoms with E-state index in [1.165, 1.54) is 6.07 Å². The predicted molar refractivity (Wildman–Crippen MR) is 77.8 cm³/mol. The van der Waals surface area contributed by atoms with E-state index >= 15 is 0 Å². The number of ether oxygens (including phenoxy) is 2. The SMILES string of the molecule is CCNC(=NCc1cccc(OC(F)F)c1)NCCOC. The van der Waals surface area contributed by atoms with Gasteiger partial charge in [0.25, 0.3) is 0 Å². The number of guanidine groups is 1. The number of methoxy groups -OCH3 is 1. The van der Waals surface area contributed by atoms with Gasteiger partial charge >= 0.3 is 6.61 Å². The molecule has 0 heterocycles. The smallest absolute Gasteiger partial charge is 0.387 e. The highest BCUT2D eigenvalue weighted by atomic mass is 19.3. The minimum atomic E-state index is -2.82. The molecule has 2 N–H and O–H groups in total. The molecule has 0 aliphatic heterocycles. The Hall–Kier alpha value is -1.89. The first-order valence-electron chi connectivity index (χ1n) is 6.70. The molecule has 0 amide bonds. The molecule has 1 aromatic carbocycles. The van der Waals surface area contributed by atoms with Crippen molar-refractivity contribution in [3.8, 4) is 5.75 Å². The minimum absolute atomic E-state index is 0.134. The first-order valence-corrected chi connectivity index (χ1v) is 6.70. The second kappa shape index (κ2) is 9.93. The molecule has 0 aromatic heterocycles. The highest BCUT2D eigenvalue weighted by Gasteiger charge is 2.04. The van der Waals surface area contributed by atoms with Crippen molar-refractivity contribution >= 4 is 5.96 Å². The molecule has 0 saturated heterocycles. The zero-order chi connectivity index (χ0) is 15.5. The fourth-order valence-electron chi connectivity index (χ4n) is 1.60. The van der Waals surface area contributed by atoms with Crippen molar-refractivity contribution in [2.75, 3.05) is 26.8 Å². The number of aliphatic imine (C=N–C) groups is 1. The zero-order valence-corrected chi connectivity index (χ0v) is 12.2. The molecule has 0 saturated carbocycles. The summed E-state index contributed by atoms with van der Waals surface area (Å²) < 4.78 is 33.6. The van der Waals surface area contributed by atoms with Gasteiger partial charge in [0, 0.05) is 20.2 Å². The molecule has 1 aromatic rings. The lowest BCUT2D eigenvalue weighted by molar-refractivity contribution is -0.0498. The van der Waals surface area contributed by atoms with Crippen LogP contribution in [0.25, 0.3) is 0 Å². The van der Waals surface area contributed by atoms with Gasteiger partial charge in [-0.2, -0.15) is 8.78 Å². The Morgan fingerprint density at radius 3 is 2.81 bits per heavy atom. The van der Waals surface area contributed by atoms with E-state index in [0.29, 0.717) is 25.7 Å². The third-order valence-corrected chi connectivity index (χ3v) is 2.49. The quantitative estimate of drug-likeness (QED) is 0.438. The van der Waals surface area contributed by atoms with Crippen LogP contribution in [0.3, 0.4) is 0 Å². The van der Waals surface area contributed by atoms with Crippen LogP contribution in [0.5, 0.6) is 5.75 Å². The maximum absolute atomic E-state index is 12.2. The molecule has 0 spiro atoms. The molecule has 0 aliphatic carbocycles. The molecule has 0 atom stereocenters. The van der Waals surface area contributed by atoms with Crippen molar-refractivity contribution in [2.24, 2.45) is 4.99 Å². The van der Waals surface area contributed by atoms with E-state index < -0.39 is 6.61 Å². The molecule has 0 unspecified atom stereocenters. The van der Waals surface area contributed by atoms with Crippen LogP contribution in [-0.4, -0.2) is 39.4 Å². The van der Waals surface area contributed by atoms with Gasteiger partial charge < -0.3 is 20.1 Å². The molecule has 5 nitrogen and oxygen atoms in total. The van der Waals surface area contributed by atoms with Gasteiger partial charge in [-0.05, 0) is 24.6 Å². The van der Waals surface area contributed by atoms with E-state index in [2.05, 4.69) is 20.4 Å². The highest BCUT2D eigenvalue weighted by molar-refractivity contribution is 5.79. The normalized spacial score (nSPS) is 11.6. The number of nitrogens with one attached hydrogen (secondary N) is 2. The van der Waals surface area contributed by atoms with E-state index in [0.717, 1.165) is 12.1 Å². The van der Waals surface area contributed by atoms with Crippen molar-refractivity contribution in [1.29, 1.82) is 0 Å². The Bertz CT molecular complexity index is 442. The summed E-state index contributed by atoms with van der Waals surface area (Å²) in [5.74, 6) is 0.782. The Morgan fingerprint density at radius 1 is 1.33 bits per heavy atom. The number of nitrogens with zero attached hydrogens (tertiary/aromatic N) is 1. The van der Waals surface area contributed by atoms with Crippen molar-refractivity contribution < 1.29 is 18.3 Å².